The number of aromatic nitrogens is 1. The predicted molar refractivity (Wildman–Crippen MR) is 208 cm³/mol. The molecular formula is C44H50IrNO3S-. The molecule has 0 fully saturated rings. The topological polar surface area (TPSA) is 63.3 Å². The number of fused-ring (bicyclic) bond motifs is 3. The van der Waals surface area contributed by atoms with Crippen LogP contribution in [0.15, 0.2) is 94.6 Å². The molecule has 0 bridgehead atoms. The Morgan fingerprint density at radius 1 is 0.860 bits per heavy atom. The minimum atomic E-state index is -0.337. The van der Waals surface area contributed by atoms with Gasteiger partial charge in [0.15, 0.2) is 5.78 Å². The SMILES string of the molecule is CC(C)(C)c1cc(-c2nccc3cc(-c4ccc5ccsc5c4)oc23)[c-]c2ccccc12.CCC(C)(CC)C(=O)/C=C(\O)C(C)(CC)CC.[Ir]. The molecule has 0 unspecified atom stereocenters. The van der Waals surface area contributed by atoms with Crippen LogP contribution in [0.4, 0.5) is 0 Å². The van der Waals surface area contributed by atoms with E-state index < -0.39 is 0 Å². The minimum Gasteiger partial charge on any atom is -0.512 e. The standard InChI is InChI=1S/C29H22NOS.C15H28O2.Ir/c1-29(2,3)24-15-22(14-19-6-4-5-7-23(19)24)27-28-21(10-12-30-27)16-25(31-28)20-9-8-18-11-13-32-26(18)17-20;1-7-14(5,8-2)12(16)11-13(17)15(6,9-3)10-4;/h4-13,15-17H,1-3H3;11,16H,7-10H2,1-6H3;/q-1;;/b;12-11-;. The molecule has 0 aliphatic carbocycles. The van der Waals surface area contributed by atoms with Gasteiger partial charge in [-0.25, -0.2) is 0 Å². The Bertz CT molecular complexity index is 2120. The fraction of sp³-hybridized carbons (Fsp3) is 0.364. The minimum absolute atomic E-state index is 0. The fourth-order valence-electron chi connectivity index (χ4n) is 6.07. The van der Waals surface area contributed by atoms with Gasteiger partial charge in [0.1, 0.15) is 17.1 Å². The van der Waals surface area contributed by atoms with E-state index >= 15 is 0 Å². The summed E-state index contributed by atoms with van der Waals surface area (Å²) < 4.78 is 7.69. The van der Waals surface area contributed by atoms with Crippen molar-refractivity contribution in [1.82, 2.24) is 4.98 Å². The zero-order chi connectivity index (χ0) is 35.6. The first-order valence-electron chi connectivity index (χ1n) is 17.5. The molecule has 1 N–H and O–H groups in total. The molecule has 0 saturated heterocycles. The summed E-state index contributed by atoms with van der Waals surface area (Å²) in [5, 5.41) is 16.9. The molecule has 0 aliphatic heterocycles. The van der Waals surface area contributed by atoms with Crippen LogP contribution in [0.3, 0.4) is 0 Å². The number of nitrogens with zero attached hydrogens (tertiary/aromatic N) is 1. The van der Waals surface area contributed by atoms with Gasteiger partial charge in [-0.1, -0.05) is 104 Å². The molecule has 0 aliphatic rings. The average molecular weight is 865 g/mol. The molecule has 0 atom stereocenters. The van der Waals surface area contributed by atoms with Crippen molar-refractivity contribution in [2.75, 3.05) is 0 Å². The first kappa shape index (κ1) is 39.2. The summed E-state index contributed by atoms with van der Waals surface area (Å²) in [6.07, 6.45) is 6.61. The molecule has 6 rings (SSSR count). The Morgan fingerprint density at radius 3 is 2.20 bits per heavy atom. The number of hydrogen-bond acceptors (Lipinski definition) is 5. The van der Waals surface area contributed by atoms with Crippen LogP contribution in [0.5, 0.6) is 0 Å². The van der Waals surface area contributed by atoms with Gasteiger partial charge >= 0.3 is 0 Å². The maximum atomic E-state index is 12.2. The van der Waals surface area contributed by atoms with Crippen LogP contribution in [0.1, 0.15) is 93.6 Å². The van der Waals surface area contributed by atoms with Crippen molar-refractivity contribution in [3.63, 3.8) is 0 Å². The number of hydrogen-bond donors (Lipinski definition) is 1. The molecule has 1 radical (unpaired) electrons. The van der Waals surface area contributed by atoms with Gasteiger partial charge in [-0.05, 0) is 66.1 Å². The quantitative estimate of drug-likeness (QED) is 0.0893. The number of allylic oxidation sites excluding steroid dienone is 2. The summed E-state index contributed by atoms with van der Waals surface area (Å²) in [5.74, 6) is 1.15. The third-order valence-corrected chi connectivity index (χ3v) is 11.5. The van der Waals surface area contributed by atoms with Crippen molar-refractivity contribution in [2.45, 2.75) is 93.4 Å². The van der Waals surface area contributed by atoms with E-state index in [0.29, 0.717) is 0 Å². The third kappa shape index (κ3) is 7.99. The van der Waals surface area contributed by atoms with Crippen LogP contribution in [0.25, 0.3) is 54.4 Å². The van der Waals surface area contributed by atoms with E-state index in [1.165, 1.54) is 27.1 Å². The Balaban J connectivity index is 0.000000269. The van der Waals surface area contributed by atoms with Gasteiger partial charge in [-0.3, -0.25) is 9.78 Å². The van der Waals surface area contributed by atoms with Crippen LogP contribution in [-0.2, 0) is 30.3 Å². The van der Waals surface area contributed by atoms with Crippen LogP contribution < -0.4 is 0 Å². The monoisotopic (exact) mass is 865 g/mol. The van der Waals surface area contributed by atoms with E-state index in [2.05, 4.69) is 92.9 Å². The zero-order valence-electron chi connectivity index (χ0n) is 30.9. The molecule has 0 amide bonds. The number of aliphatic hydroxyl groups excluding tert-OH is 1. The smallest absolute Gasteiger partial charge is 0.164 e. The second kappa shape index (κ2) is 15.8. The van der Waals surface area contributed by atoms with Crippen LogP contribution in [0.2, 0.25) is 0 Å². The molecule has 50 heavy (non-hydrogen) atoms. The first-order chi connectivity index (χ1) is 23.3. The second-order valence-electron chi connectivity index (χ2n) is 14.7. The van der Waals surface area contributed by atoms with Crippen molar-refractivity contribution >= 4 is 48.9 Å². The molecule has 4 nitrogen and oxygen atoms in total. The van der Waals surface area contributed by atoms with E-state index in [9.17, 15) is 9.90 Å². The van der Waals surface area contributed by atoms with Crippen molar-refractivity contribution in [3.8, 4) is 22.6 Å². The maximum absolute atomic E-state index is 12.2. The summed E-state index contributed by atoms with van der Waals surface area (Å²) in [6, 6.07) is 27.0. The maximum Gasteiger partial charge on any atom is 0.164 e. The zero-order valence-corrected chi connectivity index (χ0v) is 34.1. The molecule has 265 valence electrons. The number of benzene rings is 3. The summed E-state index contributed by atoms with van der Waals surface area (Å²) in [4.78, 5) is 16.9. The van der Waals surface area contributed by atoms with Crippen LogP contribution in [0, 0.1) is 16.9 Å². The summed E-state index contributed by atoms with van der Waals surface area (Å²) in [7, 11) is 0. The van der Waals surface area contributed by atoms with Gasteiger partial charge in [0.25, 0.3) is 0 Å². The van der Waals surface area contributed by atoms with E-state index in [0.717, 1.165) is 64.6 Å². The summed E-state index contributed by atoms with van der Waals surface area (Å²) >= 11 is 1.75. The van der Waals surface area contributed by atoms with Crippen molar-refractivity contribution in [3.05, 3.63) is 102 Å². The van der Waals surface area contributed by atoms with Crippen molar-refractivity contribution in [2.24, 2.45) is 10.8 Å². The third-order valence-electron chi connectivity index (χ3n) is 10.6. The van der Waals surface area contributed by atoms with Gasteiger partial charge in [0.2, 0.25) is 0 Å². The molecular weight excluding hydrogens is 815 g/mol. The molecule has 3 aromatic carbocycles. The number of ketones is 1. The normalized spacial score (nSPS) is 12.5. The number of carbonyl (C=O) groups excluding carboxylic acids is 1. The number of aliphatic hydroxyl groups is 1. The van der Waals surface area contributed by atoms with Gasteiger partial charge in [-0.15, -0.1) is 40.5 Å². The van der Waals surface area contributed by atoms with Gasteiger partial charge < -0.3 is 9.52 Å². The van der Waals surface area contributed by atoms with E-state index in [1.54, 1.807) is 11.3 Å². The molecule has 6 heteroatoms. The van der Waals surface area contributed by atoms with Gasteiger partial charge in [-0.2, -0.15) is 0 Å². The Morgan fingerprint density at radius 2 is 1.54 bits per heavy atom. The molecule has 3 aromatic heterocycles. The molecule has 3 heterocycles. The van der Waals surface area contributed by atoms with Crippen molar-refractivity contribution < 1.29 is 34.4 Å². The van der Waals surface area contributed by atoms with Crippen LogP contribution >= 0.6 is 11.3 Å². The van der Waals surface area contributed by atoms with E-state index in [4.69, 9.17) is 9.40 Å². The summed E-state index contributed by atoms with van der Waals surface area (Å²) in [5.41, 5.74) is 4.38. The number of thiophene rings is 1. The fourth-order valence-corrected chi connectivity index (χ4v) is 6.90. The Hall–Kier alpha value is -3.57. The molecule has 0 spiro atoms. The van der Waals surface area contributed by atoms with E-state index in [1.807, 2.05) is 53.8 Å². The molecule has 6 aromatic rings. The number of carbonyl (C=O) groups is 1. The number of rotatable bonds is 9. The number of furan rings is 1. The number of pyridine rings is 1. The molecule has 0 saturated carbocycles. The predicted octanol–water partition coefficient (Wildman–Crippen LogP) is 13.3. The van der Waals surface area contributed by atoms with Gasteiger partial charge in [0, 0.05) is 64.6 Å². The Kier molecular flexibility index (Phi) is 12.4. The largest absolute Gasteiger partial charge is 0.512 e. The Labute approximate surface area is 315 Å². The second-order valence-corrected chi connectivity index (χ2v) is 15.6. The van der Waals surface area contributed by atoms with Crippen molar-refractivity contribution in [1.29, 1.82) is 0 Å². The van der Waals surface area contributed by atoms with E-state index in [-0.39, 0.29) is 47.9 Å². The average Bonchev–Trinajstić information content (AvgIpc) is 3.77. The first-order valence-corrected chi connectivity index (χ1v) is 18.4. The van der Waals surface area contributed by atoms with Gasteiger partial charge in [0.05, 0.1) is 0 Å². The van der Waals surface area contributed by atoms with Crippen LogP contribution in [-0.4, -0.2) is 15.9 Å². The summed E-state index contributed by atoms with van der Waals surface area (Å²) in [6.45, 7) is 18.8.